The largest absolute Gasteiger partial charge is 0.493 e. The van der Waals surface area contributed by atoms with Gasteiger partial charge in [-0.3, -0.25) is 28.9 Å². The van der Waals surface area contributed by atoms with Crippen LogP contribution in [-0.4, -0.2) is 64.2 Å². The average Bonchev–Trinajstić information content (AvgIpc) is 3.74. The molecule has 45 heavy (non-hydrogen) atoms. The fraction of sp³-hybridized carbons (Fsp3) is 0.406. The van der Waals surface area contributed by atoms with Crippen molar-refractivity contribution >= 4 is 52.5 Å². The Balaban J connectivity index is 1.16. The Morgan fingerprint density at radius 1 is 1.07 bits per heavy atom. The molecule has 234 valence electrons. The van der Waals surface area contributed by atoms with Crippen molar-refractivity contribution in [2.24, 2.45) is 29.6 Å². The molecule has 11 nitrogen and oxygen atoms in total. The van der Waals surface area contributed by atoms with Crippen molar-refractivity contribution in [1.29, 1.82) is 0 Å². The minimum Gasteiger partial charge on any atom is -0.493 e. The Morgan fingerprint density at radius 3 is 2.58 bits per heavy atom. The molecule has 13 heteroatoms. The van der Waals surface area contributed by atoms with E-state index in [9.17, 15) is 24.0 Å². The number of hydrogen-bond acceptors (Lipinski definition) is 9. The zero-order chi connectivity index (χ0) is 31.6. The summed E-state index contributed by atoms with van der Waals surface area (Å²) >= 11 is 2.74. The first-order valence-corrected chi connectivity index (χ1v) is 16.5. The number of thiazole rings is 1. The molecule has 2 bridgehead atoms. The van der Waals surface area contributed by atoms with Gasteiger partial charge in [0.05, 0.1) is 30.4 Å². The number of ether oxygens (including phenoxy) is 2. The first kappa shape index (κ1) is 29.6. The number of nitrogens with one attached hydrogen (secondary N) is 2. The van der Waals surface area contributed by atoms with Crippen LogP contribution >= 0.6 is 23.1 Å². The predicted molar refractivity (Wildman–Crippen MR) is 166 cm³/mol. The van der Waals surface area contributed by atoms with Crippen LogP contribution in [0.1, 0.15) is 34.8 Å². The van der Waals surface area contributed by atoms with E-state index in [1.54, 1.807) is 23.9 Å². The van der Waals surface area contributed by atoms with Gasteiger partial charge in [-0.2, -0.15) is 0 Å². The van der Waals surface area contributed by atoms with Crippen molar-refractivity contribution in [1.82, 2.24) is 9.88 Å². The monoisotopic (exact) mass is 649 g/mol. The van der Waals surface area contributed by atoms with Gasteiger partial charge in [-0.1, -0.05) is 29.5 Å². The lowest BCUT2D eigenvalue weighted by Gasteiger charge is -2.43. The molecule has 3 fully saturated rings. The Hall–Kier alpha value is -4.10. The highest BCUT2D eigenvalue weighted by molar-refractivity contribution is 8.00. The molecule has 1 saturated heterocycles. The quantitative estimate of drug-likeness (QED) is 0.294. The molecule has 3 aromatic rings. The van der Waals surface area contributed by atoms with Gasteiger partial charge in [0.15, 0.2) is 18.1 Å². The molecule has 2 aliphatic carbocycles. The SMILES string of the molecule is COc1cc([C@H]2c3sc(=O)[nH]c3SC3C4CC(C5C(=O)N(CCC(=O)O)C(=O)C45)C32)ccc1OCC(=O)Nc1cccc(C)c1. The molecule has 2 aromatic carbocycles. The van der Waals surface area contributed by atoms with Crippen LogP contribution in [-0.2, 0) is 19.2 Å². The lowest BCUT2D eigenvalue weighted by molar-refractivity contribution is -0.142. The number of H-pyrrole nitrogens is 1. The number of aromatic amines is 1. The van der Waals surface area contributed by atoms with Crippen molar-refractivity contribution in [2.75, 3.05) is 25.6 Å². The first-order chi connectivity index (χ1) is 21.6. The van der Waals surface area contributed by atoms with E-state index in [0.717, 1.165) is 43.7 Å². The van der Waals surface area contributed by atoms with E-state index in [-0.39, 0.29) is 71.1 Å². The Kier molecular flexibility index (Phi) is 7.47. The van der Waals surface area contributed by atoms with Gasteiger partial charge in [0.25, 0.3) is 5.91 Å². The number of carboxylic acid groups (broad SMARTS) is 1. The zero-order valence-corrected chi connectivity index (χ0v) is 26.1. The third-order valence-electron chi connectivity index (χ3n) is 9.57. The summed E-state index contributed by atoms with van der Waals surface area (Å²) in [5, 5.41) is 12.8. The van der Waals surface area contributed by atoms with Crippen LogP contribution in [0, 0.1) is 36.5 Å². The summed E-state index contributed by atoms with van der Waals surface area (Å²) in [6.07, 6.45) is 0.447. The van der Waals surface area contributed by atoms with E-state index in [4.69, 9.17) is 14.6 Å². The maximum atomic E-state index is 13.6. The molecule has 2 aliphatic heterocycles. The van der Waals surface area contributed by atoms with E-state index in [1.165, 1.54) is 7.11 Å². The maximum absolute atomic E-state index is 13.6. The number of aliphatic carboxylic acids is 1. The van der Waals surface area contributed by atoms with Crippen LogP contribution in [0.3, 0.4) is 0 Å². The van der Waals surface area contributed by atoms with Gasteiger partial charge in [-0.25, -0.2) is 0 Å². The number of rotatable bonds is 9. The summed E-state index contributed by atoms with van der Waals surface area (Å²) in [7, 11) is 1.52. The highest BCUT2D eigenvalue weighted by Crippen LogP contribution is 2.68. The van der Waals surface area contributed by atoms with Gasteiger partial charge in [0, 0.05) is 28.3 Å². The number of amides is 3. The number of aromatic nitrogens is 1. The minimum absolute atomic E-state index is 0.00224. The summed E-state index contributed by atoms with van der Waals surface area (Å²) in [5.41, 5.74) is 2.59. The van der Waals surface area contributed by atoms with Gasteiger partial charge < -0.3 is 24.9 Å². The van der Waals surface area contributed by atoms with E-state index in [1.807, 2.05) is 37.3 Å². The number of carbonyl (C=O) groups excluding carboxylic acids is 3. The molecule has 4 aliphatic rings. The van der Waals surface area contributed by atoms with Crippen LogP contribution in [0.5, 0.6) is 11.5 Å². The zero-order valence-electron chi connectivity index (χ0n) is 24.5. The fourth-order valence-electron chi connectivity index (χ4n) is 7.94. The molecule has 1 aromatic heterocycles. The summed E-state index contributed by atoms with van der Waals surface area (Å²) in [5.74, 6) is -2.44. The van der Waals surface area contributed by atoms with Crippen molar-refractivity contribution in [3.8, 4) is 11.5 Å². The highest BCUT2D eigenvalue weighted by Gasteiger charge is 2.69. The Labute approximate surface area is 266 Å². The van der Waals surface area contributed by atoms with Gasteiger partial charge in [-0.15, -0.1) is 11.8 Å². The second-order valence-corrected chi connectivity index (χ2v) is 14.3. The first-order valence-electron chi connectivity index (χ1n) is 14.8. The lowest BCUT2D eigenvalue weighted by atomic mass is 9.68. The molecule has 7 atom stereocenters. The molecule has 0 spiro atoms. The predicted octanol–water partition coefficient (Wildman–Crippen LogP) is 3.72. The molecule has 3 amide bonds. The standard InChI is InChI=1S/C32H31N3O8S2/c1-14-4-3-5-16(10-14)33-21(36)13-43-19-7-6-15(11-20(19)42-2)23-24-17-12-18(27(24)44-29-28(23)45-32(41)34-29)26-25(17)30(39)35(31(26)40)9-8-22(37)38/h3-7,10-11,17-18,23-27H,8-9,12-13H2,1-2H3,(H,33,36)(H,34,41)(H,37,38)/t17?,18?,23-,24?,25?,26?,27?/m1/s1. The second-order valence-electron chi connectivity index (χ2n) is 12.0. The summed E-state index contributed by atoms with van der Waals surface area (Å²) in [4.78, 5) is 68.2. The van der Waals surface area contributed by atoms with Crippen molar-refractivity contribution in [2.45, 2.75) is 36.0 Å². The molecule has 7 rings (SSSR count). The van der Waals surface area contributed by atoms with E-state index in [2.05, 4.69) is 10.3 Å². The Bertz CT molecular complexity index is 1790. The second kappa shape index (κ2) is 11.4. The average molecular weight is 650 g/mol. The number of likely N-dealkylation sites (tertiary alicyclic amines) is 1. The number of benzene rings is 2. The number of nitrogens with zero attached hydrogens (tertiary/aromatic N) is 1. The topological polar surface area (TPSA) is 155 Å². The van der Waals surface area contributed by atoms with Crippen molar-refractivity contribution in [3.63, 3.8) is 0 Å². The molecule has 2 saturated carbocycles. The summed E-state index contributed by atoms with van der Waals surface area (Å²) in [6.45, 7) is 1.60. The van der Waals surface area contributed by atoms with Crippen LogP contribution < -0.4 is 19.7 Å². The van der Waals surface area contributed by atoms with Crippen LogP contribution in [0.25, 0.3) is 0 Å². The lowest BCUT2D eigenvalue weighted by Crippen LogP contribution is -2.42. The van der Waals surface area contributed by atoms with Crippen LogP contribution in [0.15, 0.2) is 52.3 Å². The smallest absolute Gasteiger partial charge is 0.305 e. The number of fused-ring (bicyclic) bond motifs is 9. The van der Waals surface area contributed by atoms with E-state index in [0.29, 0.717) is 17.2 Å². The van der Waals surface area contributed by atoms with Crippen molar-refractivity contribution in [3.05, 3.63) is 68.1 Å². The van der Waals surface area contributed by atoms with Gasteiger partial charge >= 0.3 is 10.8 Å². The summed E-state index contributed by atoms with van der Waals surface area (Å²) in [6, 6.07) is 13.0. The third kappa shape index (κ3) is 5.02. The van der Waals surface area contributed by atoms with Crippen molar-refractivity contribution < 1.29 is 33.8 Å². The minimum atomic E-state index is -1.05. The maximum Gasteiger partial charge on any atom is 0.305 e. The number of carboxylic acids is 1. The molecule has 3 N–H and O–H groups in total. The van der Waals surface area contributed by atoms with E-state index < -0.39 is 17.8 Å². The molecule has 0 radical (unpaired) electrons. The number of methoxy groups -OCH3 is 1. The number of anilines is 1. The number of thioether (sulfide) groups is 1. The van der Waals surface area contributed by atoms with E-state index >= 15 is 0 Å². The number of aryl methyl sites for hydroxylation is 1. The van der Waals surface area contributed by atoms with Crippen LogP contribution in [0.4, 0.5) is 5.69 Å². The third-order valence-corrected chi connectivity index (χ3v) is 12.2. The number of imide groups is 1. The van der Waals surface area contributed by atoms with Gasteiger partial charge in [-0.05, 0) is 66.5 Å². The Morgan fingerprint density at radius 2 is 1.84 bits per heavy atom. The van der Waals surface area contributed by atoms with Crippen LogP contribution in [0.2, 0.25) is 0 Å². The van der Waals surface area contributed by atoms with Gasteiger partial charge in [0.2, 0.25) is 11.8 Å². The molecule has 3 heterocycles. The fourth-order valence-corrected chi connectivity index (χ4v) is 10.8. The van der Waals surface area contributed by atoms with Gasteiger partial charge in [0.1, 0.15) is 0 Å². The number of hydrogen-bond donors (Lipinski definition) is 3. The summed E-state index contributed by atoms with van der Waals surface area (Å²) < 4.78 is 11.5. The highest BCUT2D eigenvalue weighted by atomic mass is 32.2. The molecular formula is C32H31N3O8S2. The molecule has 6 unspecified atom stereocenters. The molecular weight excluding hydrogens is 618 g/mol. The number of carbonyl (C=O) groups is 4. The normalized spacial score (nSPS) is 27.6.